The van der Waals surface area contributed by atoms with Gasteiger partial charge in [0.1, 0.15) is 11.5 Å². The molecule has 0 aliphatic carbocycles. The monoisotopic (exact) mass is 368 g/mol. The van der Waals surface area contributed by atoms with E-state index in [1.54, 1.807) is 24.1 Å². The summed E-state index contributed by atoms with van der Waals surface area (Å²) in [5.74, 6) is 0.510. The van der Waals surface area contributed by atoms with E-state index in [0.717, 1.165) is 0 Å². The predicted octanol–water partition coefficient (Wildman–Crippen LogP) is 3.47. The molecule has 1 N–H and O–H groups in total. The fourth-order valence-electron chi connectivity index (χ4n) is 3.13. The number of carbonyl (C=O) groups is 2. The molecule has 6 heteroatoms. The average molecular weight is 368 g/mol. The SMILES string of the molecule is COc1ccccc1N1CC(C(=O)Nc2ccccc2OC(C)C)CC1=O. The molecule has 0 aromatic heterocycles. The predicted molar refractivity (Wildman–Crippen MR) is 104 cm³/mol. The van der Waals surface area contributed by atoms with E-state index >= 15 is 0 Å². The first kappa shape index (κ1) is 18.8. The Kier molecular flexibility index (Phi) is 5.64. The number of nitrogens with one attached hydrogen (secondary N) is 1. The van der Waals surface area contributed by atoms with Gasteiger partial charge in [0, 0.05) is 13.0 Å². The number of carbonyl (C=O) groups excluding carboxylic acids is 2. The first-order valence-electron chi connectivity index (χ1n) is 8.99. The van der Waals surface area contributed by atoms with Crippen LogP contribution in [0.5, 0.6) is 11.5 Å². The van der Waals surface area contributed by atoms with Gasteiger partial charge >= 0.3 is 0 Å². The minimum absolute atomic E-state index is 0.00264. The average Bonchev–Trinajstić information content (AvgIpc) is 3.04. The van der Waals surface area contributed by atoms with Crippen molar-refractivity contribution in [1.82, 2.24) is 0 Å². The molecule has 1 aliphatic heterocycles. The molecule has 1 atom stereocenters. The van der Waals surface area contributed by atoms with Crippen LogP contribution in [0.1, 0.15) is 20.3 Å². The fraction of sp³-hybridized carbons (Fsp3) is 0.333. The lowest BCUT2D eigenvalue weighted by molar-refractivity contribution is -0.122. The molecule has 2 aromatic rings. The molecule has 0 spiro atoms. The molecular formula is C21H24N2O4. The molecule has 6 nitrogen and oxygen atoms in total. The van der Waals surface area contributed by atoms with Crippen molar-refractivity contribution in [2.45, 2.75) is 26.4 Å². The number of ether oxygens (including phenoxy) is 2. The minimum atomic E-state index is -0.436. The van der Waals surface area contributed by atoms with E-state index in [0.29, 0.717) is 29.4 Å². The van der Waals surface area contributed by atoms with Gasteiger partial charge < -0.3 is 19.7 Å². The second-order valence-corrected chi connectivity index (χ2v) is 6.73. The number of hydrogen-bond acceptors (Lipinski definition) is 4. The van der Waals surface area contributed by atoms with E-state index in [1.165, 1.54) is 0 Å². The summed E-state index contributed by atoms with van der Waals surface area (Å²) in [6.07, 6.45) is 0.161. The Morgan fingerprint density at radius 1 is 1.11 bits per heavy atom. The third-order valence-electron chi connectivity index (χ3n) is 4.38. The number of benzene rings is 2. The van der Waals surface area contributed by atoms with Crippen LogP contribution in [0.25, 0.3) is 0 Å². The molecule has 2 aromatic carbocycles. The van der Waals surface area contributed by atoms with E-state index in [4.69, 9.17) is 9.47 Å². The highest BCUT2D eigenvalue weighted by Gasteiger charge is 2.36. The van der Waals surface area contributed by atoms with E-state index < -0.39 is 5.92 Å². The fourth-order valence-corrected chi connectivity index (χ4v) is 3.13. The molecule has 1 fully saturated rings. The summed E-state index contributed by atoms with van der Waals surface area (Å²) in [4.78, 5) is 26.9. The maximum Gasteiger partial charge on any atom is 0.229 e. The molecular weight excluding hydrogens is 344 g/mol. The van der Waals surface area contributed by atoms with Crippen molar-refractivity contribution >= 4 is 23.2 Å². The van der Waals surface area contributed by atoms with Gasteiger partial charge in [-0.05, 0) is 38.1 Å². The zero-order valence-corrected chi connectivity index (χ0v) is 15.8. The summed E-state index contributed by atoms with van der Waals surface area (Å²) >= 11 is 0. The van der Waals surface area contributed by atoms with Gasteiger partial charge in [-0.15, -0.1) is 0 Å². The van der Waals surface area contributed by atoms with E-state index in [1.807, 2.05) is 50.2 Å². The molecule has 27 heavy (non-hydrogen) atoms. The summed E-state index contributed by atoms with van der Waals surface area (Å²) < 4.78 is 11.1. The molecule has 3 rings (SSSR count). The molecule has 0 bridgehead atoms. The molecule has 1 unspecified atom stereocenters. The van der Waals surface area contributed by atoms with Crippen LogP contribution in [0.3, 0.4) is 0 Å². The zero-order valence-electron chi connectivity index (χ0n) is 15.8. The summed E-state index contributed by atoms with van der Waals surface area (Å²) in [7, 11) is 1.56. The normalized spacial score (nSPS) is 16.5. The van der Waals surface area contributed by atoms with Crippen molar-refractivity contribution in [3.05, 3.63) is 48.5 Å². The van der Waals surface area contributed by atoms with Gasteiger partial charge in [0.15, 0.2) is 0 Å². The van der Waals surface area contributed by atoms with Crippen LogP contribution in [-0.4, -0.2) is 31.6 Å². The zero-order chi connectivity index (χ0) is 19.4. The molecule has 1 saturated heterocycles. The van der Waals surface area contributed by atoms with Crippen molar-refractivity contribution in [3.8, 4) is 11.5 Å². The Labute approximate surface area is 159 Å². The Morgan fingerprint density at radius 3 is 2.48 bits per heavy atom. The van der Waals surface area contributed by atoms with E-state index in [-0.39, 0.29) is 24.3 Å². The topological polar surface area (TPSA) is 67.9 Å². The molecule has 2 amide bonds. The van der Waals surface area contributed by atoms with Crippen LogP contribution < -0.4 is 19.7 Å². The summed E-state index contributed by atoms with van der Waals surface area (Å²) in [6, 6.07) is 14.6. The van der Waals surface area contributed by atoms with Crippen molar-refractivity contribution in [3.63, 3.8) is 0 Å². The smallest absolute Gasteiger partial charge is 0.229 e. The molecule has 0 saturated carbocycles. The number of hydrogen-bond donors (Lipinski definition) is 1. The molecule has 1 heterocycles. The Morgan fingerprint density at radius 2 is 1.78 bits per heavy atom. The van der Waals surface area contributed by atoms with Gasteiger partial charge in [-0.3, -0.25) is 9.59 Å². The lowest BCUT2D eigenvalue weighted by Gasteiger charge is -2.19. The van der Waals surface area contributed by atoms with Crippen molar-refractivity contribution < 1.29 is 19.1 Å². The second kappa shape index (κ2) is 8.12. The van der Waals surface area contributed by atoms with Crippen LogP contribution in [0.15, 0.2) is 48.5 Å². The second-order valence-electron chi connectivity index (χ2n) is 6.73. The van der Waals surface area contributed by atoms with Gasteiger partial charge in [-0.1, -0.05) is 24.3 Å². The van der Waals surface area contributed by atoms with Crippen LogP contribution in [0, 0.1) is 5.92 Å². The quantitative estimate of drug-likeness (QED) is 0.848. The highest BCUT2D eigenvalue weighted by Crippen LogP contribution is 2.33. The van der Waals surface area contributed by atoms with Crippen LogP contribution in [0.2, 0.25) is 0 Å². The van der Waals surface area contributed by atoms with Crippen molar-refractivity contribution in [2.24, 2.45) is 5.92 Å². The van der Waals surface area contributed by atoms with Crippen LogP contribution in [-0.2, 0) is 9.59 Å². The first-order valence-corrected chi connectivity index (χ1v) is 8.99. The highest BCUT2D eigenvalue weighted by molar-refractivity contribution is 6.04. The summed E-state index contributed by atoms with van der Waals surface area (Å²) in [6.45, 7) is 4.18. The van der Waals surface area contributed by atoms with E-state index in [9.17, 15) is 9.59 Å². The third-order valence-corrected chi connectivity index (χ3v) is 4.38. The van der Waals surface area contributed by atoms with Crippen molar-refractivity contribution in [2.75, 3.05) is 23.9 Å². The first-order chi connectivity index (χ1) is 13.0. The van der Waals surface area contributed by atoms with Gasteiger partial charge in [0.2, 0.25) is 11.8 Å². The number of nitrogens with zero attached hydrogens (tertiary/aromatic N) is 1. The highest BCUT2D eigenvalue weighted by atomic mass is 16.5. The molecule has 142 valence electrons. The number of para-hydroxylation sites is 4. The summed E-state index contributed by atoms with van der Waals surface area (Å²) in [5, 5.41) is 2.90. The largest absolute Gasteiger partial charge is 0.495 e. The van der Waals surface area contributed by atoms with Gasteiger partial charge in [-0.2, -0.15) is 0 Å². The molecule has 1 aliphatic rings. The van der Waals surface area contributed by atoms with E-state index in [2.05, 4.69) is 5.32 Å². The number of rotatable bonds is 6. The van der Waals surface area contributed by atoms with Gasteiger partial charge in [-0.25, -0.2) is 0 Å². The summed E-state index contributed by atoms with van der Waals surface area (Å²) in [5.41, 5.74) is 1.29. The van der Waals surface area contributed by atoms with Crippen molar-refractivity contribution in [1.29, 1.82) is 0 Å². The number of anilines is 2. The Bertz CT molecular complexity index is 834. The standard InChI is InChI=1S/C21H24N2O4/c1-14(2)27-18-10-6-4-8-16(18)22-21(25)15-12-20(24)23(13-15)17-9-5-7-11-19(17)26-3/h4-11,14-15H,12-13H2,1-3H3,(H,22,25). The maximum absolute atomic E-state index is 12.8. The maximum atomic E-state index is 12.8. The Hall–Kier alpha value is -3.02. The lowest BCUT2D eigenvalue weighted by Crippen LogP contribution is -2.28. The van der Waals surface area contributed by atoms with Gasteiger partial charge in [0.25, 0.3) is 0 Å². The number of methoxy groups -OCH3 is 1. The van der Waals surface area contributed by atoms with Crippen LogP contribution in [0.4, 0.5) is 11.4 Å². The third kappa shape index (κ3) is 4.22. The van der Waals surface area contributed by atoms with Crippen LogP contribution >= 0.6 is 0 Å². The Balaban J connectivity index is 1.73. The van der Waals surface area contributed by atoms with Gasteiger partial charge in [0.05, 0.1) is 30.5 Å². The number of amides is 2. The minimum Gasteiger partial charge on any atom is -0.495 e. The molecule has 0 radical (unpaired) electrons. The lowest BCUT2D eigenvalue weighted by atomic mass is 10.1.